The fourth-order valence-electron chi connectivity index (χ4n) is 1.46. The first-order chi connectivity index (χ1) is 8.77. The molecule has 0 aliphatic heterocycles. The molecule has 0 saturated carbocycles. The molecule has 0 aliphatic carbocycles. The number of esters is 1. The molecule has 3 nitrogen and oxygen atoms in total. The number of alkyl halides is 4. The minimum Gasteiger partial charge on any atom is -0.464 e. The molecule has 1 rings (SSSR count). The smallest absolute Gasteiger partial charge is 0.416 e. The minimum absolute atomic E-state index is 0.0332. The molecule has 1 aromatic carbocycles. The highest BCUT2D eigenvalue weighted by molar-refractivity contribution is 5.75. The lowest BCUT2D eigenvalue weighted by atomic mass is 10.0. The maximum atomic E-state index is 13.6. The van der Waals surface area contributed by atoms with Gasteiger partial charge in [0.25, 0.3) is 0 Å². The summed E-state index contributed by atoms with van der Waals surface area (Å²) in [6.07, 6.45) is -6.76. The van der Waals surface area contributed by atoms with Gasteiger partial charge in [-0.25, -0.2) is 9.18 Å². The van der Waals surface area contributed by atoms with E-state index in [0.717, 1.165) is 18.2 Å². The van der Waals surface area contributed by atoms with Gasteiger partial charge in [0.15, 0.2) is 0 Å². The topological polar surface area (TPSA) is 52.3 Å². The highest BCUT2D eigenvalue weighted by atomic mass is 19.4. The predicted molar refractivity (Wildman–Crippen MR) is 59.9 cm³/mol. The van der Waals surface area contributed by atoms with Gasteiger partial charge in [0.05, 0.1) is 18.2 Å². The van der Waals surface area contributed by atoms with E-state index >= 15 is 0 Å². The zero-order valence-electron chi connectivity index (χ0n) is 10.1. The van der Waals surface area contributed by atoms with Crippen LogP contribution >= 0.6 is 0 Å². The van der Waals surface area contributed by atoms with Gasteiger partial charge >= 0.3 is 12.1 Å². The Balaban J connectivity index is 2.94. The quantitative estimate of drug-likeness (QED) is 0.681. The molecule has 0 saturated heterocycles. The average Bonchev–Trinajstić information content (AvgIpc) is 2.36. The van der Waals surface area contributed by atoms with Crippen molar-refractivity contribution in [1.29, 1.82) is 0 Å². The van der Waals surface area contributed by atoms with E-state index in [9.17, 15) is 22.4 Å². The first-order valence-electron chi connectivity index (χ1n) is 5.50. The Morgan fingerprint density at radius 1 is 1.42 bits per heavy atom. The van der Waals surface area contributed by atoms with Gasteiger partial charge in [-0.15, -0.1) is 0 Å². The number of hydrogen-bond donors (Lipinski definition) is 1. The summed E-state index contributed by atoms with van der Waals surface area (Å²) in [5, 5.41) is 0. The molecule has 106 valence electrons. The van der Waals surface area contributed by atoms with Crippen LogP contribution in [0.4, 0.5) is 17.6 Å². The summed E-state index contributed by atoms with van der Waals surface area (Å²) >= 11 is 0. The molecule has 7 heteroatoms. The van der Waals surface area contributed by atoms with Crippen LogP contribution in [0, 0.1) is 0 Å². The van der Waals surface area contributed by atoms with Crippen LogP contribution in [-0.2, 0) is 15.7 Å². The maximum absolute atomic E-state index is 13.6. The standard InChI is InChI=1S/C12H13F4NO2/c1-2-19-11(18)9(13)10(17)7-4-3-5-8(6-7)12(14,15)16/h3-6,9-10H,2,17H2,1H3/t9?,10-/m1/s1. The Morgan fingerprint density at radius 2 is 2.05 bits per heavy atom. The van der Waals surface area contributed by atoms with Crippen molar-refractivity contribution in [1.82, 2.24) is 0 Å². The average molecular weight is 279 g/mol. The van der Waals surface area contributed by atoms with Crippen molar-refractivity contribution in [2.24, 2.45) is 5.73 Å². The number of benzene rings is 1. The van der Waals surface area contributed by atoms with E-state index in [4.69, 9.17) is 5.73 Å². The molecule has 0 radical (unpaired) electrons. The second-order valence-electron chi connectivity index (χ2n) is 3.80. The second-order valence-corrected chi connectivity index (χ2v) is 3.80. The Hall–Kier alpha value is -1.63. The summed E-state index contributed by atoms with van der Waals surface area (Å²) in [6.45, 7) is 1.45. The zero-order valence-corrected chi connectivity index (χ0v) is 10.1. The Kier molecular flexibility index (Phi) is 4.88. The van der Waals surface area contributed by atoms with E-state index < -0.39 is 29.9 Å². The highest BCUT2D eigenvalue weighted by Gasteiger charge is 2.33. The molecule has 0 fully saturated rings. The first-order valence-corrected chi connectivity index (χ1v) is 5.50. The number of hydrogen-bond acceptors (Lipinski definition) is 3. The predicted octanol–water partition coefficient (Wildman–Crippen LogP) is 2.61. The summed E-state index contributed by atoms with van der Waals surface area (Å²) in [6, 6.07) is 2.40. The van der Waals surface area contributed by atoms with Gasteiger partial charge < -0.3 is 10.5 Å². The largest absolute Gasteiger partial charge is 0.464 e. The molecule has 0 aliphatic rings. The molecule has 2 atom stereocenters. The third-order valence-corrected chi connectivity index (χ3v) is 2.43. The van der Waals surface area contributed by atoms with Crippen molar-refractivity contribution in [3.05, 3.63) is 35.4 Å². The zero-order chi connectivity index (χ0) is 14.6. The monoisotopic (exact) mass is 279 g/mol. The summed E-state index contributed by atoms with van der Waals surface area (Å²) in [5.41, 5.74) is 4.38. The van der Waals surface area contributed by atoms with E-state index in [1.54, 1.807) is 0 Å². The third kappa shape index (κ3) is 3.92. The summed E-state index contributed by atoms with van der Waals surface area (Å²) in [5.74, 6) is -1.19. The van der Waals surface area contributed by atoms with Crippen LogP contribution in [0.3, 0.4) is 0 Å². The Bertz CT molecular complexity index is 448. The summed E-state index contributed by atoms with van der Waals surface area (Å²) in [4.78, 5) is 11.1. The van der Waals surface area contributed by atoms with E-state index in [1.165, 1.54) is 13.0 Å². The lowest BCUT2D eigenvalue weighted by Gasteiger charge is -2.17. The second kappa shape index (κ2) is 6.01. The molecule has 0 amide bonds. The van der Waals surface area contributed by atoms with E-state index in [-0.39, 0.29) is 12.2 Å². The van der Waals surface area contributed by atoms with Gasteiger partial charge in [0.1, 0.15) is 0 Å². The number of rotatable bonds is 4. The van der Waals surface area contributed by atoms with Gasteiger partial charge in [-0.3, -0.25) is 0 Å². The molecular formula is C12H13F4NO2. The molecule has 1 unspecified atom stereocenters. The van der Waals surface area contributed by atoms with Crippen LogP contribution in [-0.4, -0.2) is 18.7 Å². The first kappa shape index (κ1) is 15.4. The van der Waals surface area contributed by atoms with Crippen molar-refractivity contribution in [3.8, 4) is 0 Å². The number of nitrogens with two attached hydrogens (primary N) is 1. The number of halogens is 4. The number of carbonyl (C=O) groups is 1. The normalized spacial score (nSPS) is 14.8. The lowest BCUT2D eigenvalue weighted by Crippen LogP contribution is -2.31. The fourth-order valence-corrected chi connectivity index (χ4v) is 1.46. The van der Waals surface area contributed by atoms with Crippen LogP contribution in [0.15, 0.2) is 24.3 Å². The Labute approximate surface area is 107 Å². The van der Waals surface area contributed by atoms with E-state index in [0.29, 0.717) is 0 Å². The lowest BCUT2D eigenvalue weighted by molar-refractivity contribution is -0.149. The van der Waals surface area contributed by atoms with Crippen LogP contribution in [0.25, 0.3) is 0 Å². The Morgan fingerprint density at radius 3 is 2.58 bits per heavy atom. The molecule has 2 N–H and O–H groups in total. The van der Waals surface area contributed by atoms with Crippen molar-refractivity contribution in [2.75, 3.05) is 6.61 Å². The van der Waals surface area contributed by atoms with Crippen LogP contribution < -0.4 is 5.73 Å². The third-order valence-electron chi connectivity index (χ3n) is 2.43. The van der Waals surface area contributed by atoms with Crippen molar-refractivity contribution in [3.63, 3.8) is 0 Å². The molecular weight excluding hydrogens is 266 g/mol. The molecule has 0 heterocycles. The number of ether oxygens (including phenoxy) is 1. The fraction of sp³-hybridized carbons (Fsp3) is 0.417. The SMILES string of the molecule is CCOC(=O)C(F)[C@H](N)c1cccc(C(F)(F)F)c1. The van der Waals surface area contributed by atoms with Crippen molar-refractivity contribution in [2.45, 2.75) is 25.3 Å². The van der Waals surface area contributed by atoms with Crippen molar-refractivity contribution >= 4 is 5.97 Å². The van der Waals surface area contributed by atoms with Crippen LogP contribution in [0.2, 0.25) is 0 Å². The molecule has 0 bridgehead atoms. The van der Waals surface area contributed by atoms with Gasteiger partial charge in [0, 0.05) is 0 Å². The summed E-state index contributed by atoms with van der Waals surface area (Å²) < 4.78 is 55.5. The minimum atomic E-state index is -4.55. The highest BCUT2D eigenvalue weighted by Crippen LogP contribution is 2.31. The summed E-state index contributed by atoms with van der Waals surface area (Å²) in [7, 11) is 0. The van der Waals surface area contributed by atoms with Crippen molar-refractivity contribution < 1.29 is 27.1 Å². The molecule has 19 heavy (non-hydrogen) atoms. The van der Waals surface area contributed by atoms with Gasteiger partial charge in [-0.1, -0.05) is 12.1 Å². The maximum Gasteiger partial charge on any atom is 0.416 e. The van der Waals surface area contributed by atoms with E-state index in [2.05, 4.69) is 4.74 Å². The molecule has 0 aromatic heterocycles. The van der Waals surface area contributed by atoms with Crippen LogP contribution in [0.5, 0.6) is 0 Å². The molecule has 0 spiro atoms. The van der Waals surface area contributed by atoms with E-state index in [1.807, 2.05) is 0 Å². The van der Waals surface area contributed by atoms with Gasteiger partial charge in [-0.05, 0) is 24.6 Å². The van der Waals surface area contributed by atoms with Gasteiger partial charge in [0.2, 0.25) is 6.17 Å². The van der Waals surface area contributed by atoms with Gasteiger partial charge in [-0.2, -0.15) is 13.2 Å². The van der Waals surface area contributed by atoms with Crippen LogP contribution in [0.1, 0.15) is 24.1 Å². The number of carbonyl (C=O) groups excluding carboxylic acids is 1. The molecule has 1 aromatic rings.